The number of carbonyl (C=O) groups excluding carboxylic acids is 2. The van der Waals surface area contributed by atoms with Crippen LogP contribution in [-0.2, 0) is 11.2 Å². The number of methoxy groups -OCH3 is 3. The molecule has 2 atom stereocenters. The van der Waals surface area contributed by atoms with Crippen molar-refractivity contribution in [3.63, 3.8) is 0 Å². The molecule has 0 saturated heterocycles. The van der Waals surface area contributed by atoms with Gasteiger partial charge >= 0.3 is 0 Å². The van der Waals surface area contributed by atoms with Gasteiger partial charge in [0.2, 0.25) is 11.7 Å². The van der Waals surface area contributed by atoms with Crippen molar-refractivity contribution in [1.29, 1.82) is 0 Å². The first kappa shape index (κ1) is 27.0. The molecule has 3 aromatic carbocycles. The molecular weight excluding hydrogens is 480 g/mol. The Bertz CT molecular complexity index is 1240. The fourth-order valence-corrected chi connectivity index (χ4v) is 5.26. The molecule has 0 radical (unpaired) electrons. The zero-order valence-electron chi connectivity index (χ0n) is 22.5. The lowest BCUT2D eigenvalue weighted by atomic mass is 9.79. The van der Waals surface area contributed by atoms with Crippen LogP contribution in [0.25, 0.3) is 0 Å². The van der Waals surface area contributed by atoms with Gasteiger partial charge in [0, 0.05) is 18.7 Å². The Morgan fingerprint density at radius 3 is 2.21 bits per heavy atom. The van der Waals surface area contributed by atoms with Crippen LogP contribution in [0, 0.1) is 0 Å². The van der Waals surface area contributed by atoms with E-state index in [0.29, 0.717) is 35.9 Å². The van der Waals surface area contributed by atoms with Crippen molar-refractivity contribution in [3.8, 4) is 17.2 Å². The quantitative estimate of drug-likeness (QED) is 0.357. The first-order valence-corrected chi connectivity index (χ1v) is 13.0. The summed E-state index contributed by atoms with van der Waals surface area (Å²) in [7, 11) is 4.67. The number of rotatable bonds is 11. The summed E-state index contributed by atoms with van der Waals surface area (Å²) in [6, 6.07) is 20.8. The zero-order valence-corrected chi connectivity index (χ0v) is 22.5. The lowest BCUT2D eigenvalue weighted by Crippen LogP contribution is -2.47. The van der Waals surface area contributed by atoms with E-state index in [0.717, 1.165) is 30.4 Å². The van der Waals surface area contributed by atoms with Gasteiger partial charge in [-0.15, -0.1) is 0 Å². The summed E-state index contributed by atoms with van der Waals surface area (Å²) in [5, 5.41) is 3.16. The molecule has 4 rings (SSSR count). The standard InChI is InChI=1S/C31H36N2O5/c1-5-18-33-28(22-19-25(36-2)29(38-4)26(20-22)37-3)27(23-15-9-10-16-24(23)31(33)35)30(34)32-17-11-14-21-12-7-6-8-13-21/h6-10,12-13,15-16,19-20,27-28H,5,11,14,17-18H2,1-4H3,(H,32,34)/t27-,28-/m1/s1. The number of amides is 2. The fourth-order valence-electron chi connectivity index (χ4n) is 5.26. The minimum Gasteiger partial charge on any atom is -0.493 e. The lowest BCUT2D eigenvalue weighted by Gasteiger charge is -2.42. The van der Waals surface area contributed by atoms with Crippen LogP contribution in [0.4, 0.5) is 0 Å². The monoisotopic (exact) mass is 516 g/mol. The molecule has 38 heavy (non-hydrogen) atoms. The zero-order chi connectivity index (χ0) is 27.1. The topological polar surface area (TPSA) is 77.1 Å². The number of carbonyl (C=O) groups is 2. The van der Waals surface area contributed by atoms with Gasteiger partial charge < -0.3 is 24.4 Å². The van der Waals surface area contributed by atoms with Crippen LogP contribution in [0.15, 0.2) is 66.7 Å². The fraction of sp³-hybridized carbons (Fsp3) is 0.355. The van der Waals surface area contributed by atoms with Gasteiger partial charge in [-0.3, -0.25) is 9.59 Å². The van der Waals surface area contributed by atoms with Crippen molar-refractivity contribution in [2.45, 2.75) is 38.1 Å². The summed E-state index contributed by atoms with van der Waals surface area (Å²) in [6.45, 7) is 3.07. The van der Waals surface area contributed by atoms with Gasteiger partial charge in [-0.1, -0.05) is 55.5 Å². The molecule has 1 aliphatic rings. The molecule has 2 amide bonds. The highest BCUT2D eigenvalue weighted by atomic mass is 16.5. The van der Waals surface area contributed by atoms with Crippen LogP contribution < -0.4 is 19.5 Å². The van der Waals surface area contributed by atoms with E-state index in [1.54, 1.807) is 32.3 Å². The number of benzene rings is 3. The predicted octanol–water partition coefficient (Wildman–Crippen LogP) is 5.15. The van der Waals surface area contributed by atoms with E-state index in [1.807, 2.05) is 55.5 Å². The second kappa shape index (κ2) is 12.5. The molecular formula is C31H36N2O5. The lowest BCUT2D eigenvalue weighted by molar-refractivity contribution is -0.124. The second-order valence-electron chi connectivity index (χ2n) is 9.35. The Kier molecular flexibility index (Phi) is 8.89. The van der Waals surface area contributed by atoms with E-state index in [1.165, 1.54) is 5.56 Å². The summed E-state index contributed by atoms with van der Waals surface area (Å²) < 4.78 is 16.7. The minimum absolute atomic E-state index is 0.0886. The summed E-state index contributed by atoms with van der Waals surface area (Å²) in [5.74, 6) is 0.616. The van der Waals surface area contributed by atoms with E-state index in [4.69, 9.17) is 14.2 Å². The van der Waals surface area contributed by atoms with Crippen molar-refractivity contribution >= 4 is 11.8 Å². The smallest absolute Gasteiger partial charge is 0.254 e. The average molecular weight is 517 g/mol. The maximum absolute atomic E-state index is 13.9. The summed E-state index contributed by atoms with van der Waals surface area (Å²) >= 11 is 0. The molecule has 3 aromatic rings. The van der Waals surface area contributed by atoms with E-state index in [-0.39, 0.29) is 11.8 Å². The van der Waals surface area contributed by atoms with Crippen LogP contribution in [0.5, 0.6) is 17.2 Å². The number of hydrogen-bond donors (Lipinski definition) is 1. The van der Waals surface area contributed by atoms with Gasteiger partial charge in [0.25, 0.3) is 5.91 Å². The highest BCUT2D eigenvalue weighted by Gasteiger charge is 2.44. The largest absolute Gasteiger partial charge is 0.493 e. The van der Waals surface area contributed by atoms with E-state index < -0.39 is 12.0 Å². The molecule has 0 bridgehead atoms. The maximum Gasteiger partial charge on any atom is 0.254 e. The van der Waals surface area contributed by atoms with Crippen molar-refractivity contribution < 1.29 is 23.8 Å². The first-order chi connectivity index (χ1) is 18.5. The van der Waals surface area contributed by atoms with Gasteiger partial charge in [-0.2, -0.15) is 0 Å². The summed E-state index contributed by atoms with van der Waals surface area (Å²) in [5.41, 5.74) is 3.28. The van der Waals surface area contributed by atoms with Gasteiger partial charge in [-0.05, 0) is 54.2 Å². The van der Waals surface area contributed by atoms with E-state index in [9.17, 15) is 9.59 Å². The van der Waals surface area contributed by atoms with E-state index >= 15 is 0 Å². The molecule has 200 valence electrons. The number of nitrogens with one attached hydrogen (secondary N) is 1. The highest BCUT2D eigenvalue weighted by molar-refractivity contribution is 6.01. The Hall–Kier alpha value is -4.00. The van der Waals surface area contributed by atoms with Gasteiger partial charge in [-0.25, -0.2) is 0 Å². The Morgan fingerprint density at radius 2 is 1.58 bits per heavy atom. The average Bonchev–Trinajstić information content (AvgIpc) is 2.96. The number of ether oxygens (including phenoxy) is 3. The molecule has 0 saturated carbocycles. The van der Waals surface area contributed by atoms with Crippen molar-refractivity contribution in [2.24, 2.45) is 0 Å². The van der Waals surface area contributed by atoms with Gasteiger partial charge in [0.05, 0.1) is 33.3 Å². The number of aryl methyl sites for hydroxylation is 1. The third kappa shape index (κ3) is 5.47. The van der Waals surface area contributed by atoms with Crippen LogP contribution in [-0.4, -0.2) is 51.1 Å². The number of nitrogens with zero attached hydrogens (tertiary/aromatic N) is 1. The van der Waals surface area contributed by atoms with E-state index in [2.05, 4.69) is 17.4 Å². The van der Waals surface area contributed by atoms with Gasteiger partial charge in [0.1, 0.15) is 0 Å². The van der Waals surface area contributed by atoms with Crippen LogP contribution >= 0.6 is 0 Å². The minimum atomic E-state index is -0.602. The molecule has 1 aliphatic heterocycles. The molecule has 1 heterocycles. The molecule has 0 fully saturated rings. The predicted molar refractivity (Wildman–Crippen MR) is 147 cm³/mol. The van der Waals surface area contributed by atoms with Crippen molar-refractivity contribution in [3.05, 3.63) is 89.0 Å². The first-order valence-electron chi connectivity index (χ1n) is 13.0. The molecule has 0 aliphatic carbocycles. The van der Waals surface area contributed by atoms with Crippen LogP contribution in [0.2, 0.25) is 0 Å². The SMILES string of the molecule is CCCN1C(=O)c2ccccc2[C@@H](C(=O)NCCCc2ccccc2)[C@H]1c1cc(OC)c(OC)c(OC)c1. The Balaban J connectivity index is 1.73. The molecule has 1 N–H and O–H groups in total. The van der Waals surface area contributed by atoms with Gasteiger partial charge in [0.15, 0.2) is 11.5 Å². The van der Waals surface area contributed by atoms with Crippen LogP contribution in [0.1, 0.15) is 58.8 Å². The van der Waals surface area contributed by atoms with Crippen LogP contribution in [0.3, 0.4) is 0 Å². The maximum atomic E-state index is 13.9. The highest BCUT2D eigenvalue weighted by Crippen LogP contribution is 2.47. The molecule has 0 aromatic heterocycles. The summed E-state index contributed by atoms with van der Waals surface area (Å²) in [6.07, 6.45) is 2.44. The third-order valence-corrected chi connectivity index (χ3v) is 7.00. The normalized spacial score (nSPS) is 16.5. The summed E-state index contributed by atoms with van der Waals surface area (Å²) in [4.78, 5) is 29.4. The number of fused-ring (bicyclic) bond motifs is 1. The Labute approximate surface area is 224 Å². The van der Waals surface area contributed by atoms with Crippen molar-refractivity contribution in [1.82, 2.24) is 10.2 Å². The molecule has 0 spiro atoms. The second-order valence-corrected chi connectivity index (χ2v) is 9.35. The number of hydrogen-bond acceptors (Lipinski definition) is 5. The third-order valence-electron chi connectivity index (χ3n) is 7.00. The molecule has 7 heteroatoms. The van der Waals surface area contributed by atoms with Crippen molar-refractivity contribution in [2.75, 3.05) is 34.4 Å². The Morgan fingerprint density at radius 1 is 0.921 bits per heavy atom. The molecule has 7 nitrogen and oxygen atoms in total. The molecule has 0 unspecified atom stereocenters.